The molecule has 24 heavy (non-hydrogen) atoms. The van der Waals surface area contributed by atoms with Gasteiger partial charge in [-0.15, -0.1) is 0 Å². The van der Waals surface area contributed by atoms with Gasteiger partial charge in [0.1, 0.15) is 11.9 Å². The van der Waals surface area contributed by atoms with Crippen LogP contribution in [0.25, 0.3) is 0 Å². The summed E-state index contributed by atoms with van der Waals surface area (Å²) in [6.45, 7) is 6.14. The first-order valence-electron chi connectivity index (χ1n) is 8.45. The van der Waals surface area contributed by atoms with Crippen molar-refractivity contribution in [3.8, 4) is 5.75 Å². The smallest absolute Gasteiger partial charge is 0.272 e. The van der Waals surface area contributed by atoms with Gasteiger partial charge in [0.2, 0.25) is 0 Å². The maximum absolute atomic E-state index is 12.4. The second-order valence-corrected chi connectivity index (χ2v) is 6.13. The van der Waals surface area contributed by atoms with Gasteiger partial charge in [-0.2, -0.15) is 5.10 Å². The van der Waals surface area contributed by atoms with Gasteiger partial charge in [0, 0.05) is 30.8 Å². The number of aromatic amines is 1. The standard InChI is InChI=1S/C18H24N4O2/c1-3-13(24-14-6-4-5-12(2)9-14)10-20-18(23)17-15-11-19-8-7-16(15)21-22-17/h4-6,9,13,19H,3,7-8,10-11H2,1-2H3,(H,20,23)(H,21,22). The fraction of sp³-hybridized carbons (Fsp3) is 0.444. The highest BCUT2D eigenvalue weighted by atomic mass is 16.5. The highest BCUT2D eigenvalue weighted by Gasteiger charge is 2.22. The molecule has 2 aromatic rings. The molecule has 3 rings (SSSR count). The summed E-state index contributed by atoms with van der Waals surface area (Å²) in [5.41, 5.74) is 3.68. The Morgan fingerprint density at radius 3 is 3.12 bits per heavy atom. The average molecular weight is 328 g/mol. The quantitative estimate of drug-likeness (QED) is 0.757. The van der Waals surface area contributed by atoms with E-state index in [-0.39, 0.29) is 12.0 Å². The van der Waals surface area contributed by atoms with Gasteiger partial charge in [-0.1, -0.05) is 19.1 Å². The molecule has 0 aliphatic carbocycles. The number of carbonyl (C=O) groups excluding carboxylic acids is 1. The van der Waals surface area contributed by atoms with Crippen LogP contribution >= 0.6 is 0 Å². The van der Waals surface area contributed by atoms with E-state index in [2.05, 4.69) is 20.8 Å². The van der Waals surface area contributed by atoms with Gasteiger partial charge in [-0.05, 0) is 31.0 Å². The third kappa shape index (κ3) is 3.76. The fourth-order valence-electron chi connectivity index (χ4n) is 2.85. The van der Waals surface area contributed by atoms with Gasteiger partial charge in [0.25, 0.3) is 5.91 Å². The number of aryl methyl sites for hydroxylation is 1. The SMILES string of the molecule is CCC(CNC(=O)c1n[nH]c2c1CNCC2)Oc1cccc(C)c1. The molecule has 1 aromatic heterocycles. The maximum atomic E-state index is 12.4. The number of fused-ring (bicyclic) bond motifs is 1. The van der Waals surface area contributed by atoms with E-state index in [9.17, 15) is 4.79 Å². The van der Waals surface area contributed by atoms with Crippen LogP contribution in [0.15, 0.2) is 24.3 Å². The molecule has 1 amide bonds. The van der Waals surface area contributed by atoms with Crippen molar-refractivity contribution in [3.05, 3.63) is 46.8 Å². The lowest BCUT2D eigenvalue weighted by Crippen LogP contribution is -2.36. The van der Waals surface area contributed by atoms with Gasteiger partial charge in [0.05, 0.1) is 6.54 Å². The highest BCUT2D eigenvalue weighted by molar-refractivity contribution is 5.94. The lowest BCUT2D eigenvalue weighted by atomic mass is 10.1. The number of H-pyrrole nitrogens is 1. The molecule has 0 radical (unpaired) electrons. The molecular weight excluding hydrogens is 304 g/mol. The summed E-state index contributed by atoms with van der Waals surface area (Å²) < 4.78 is 5.97. The molecule has 1 atom stereocenters. The molecule has 0 fully saturated rings. The minimum atomic E-state index is -0.150. The topological polar surface area (TPSA) is 79.0 Å². The molecule has 2 heterocycles. The zero-order valence-electron chi connectivity index (χ0n) is 14.2. The number of benzene rings is 1. The second kappa shape index (κ2) is 7.49. The number of hydrogen-bond acceptors (Lipinski definition) is 4. The first kappa shape index (κ1) is 16.5. The number of rotatable bonds is 6. The minimum Gasteiger partial charge on any atom is -0.489 e. The number of nitrogens with zero attached hydrogens (tertiary/aromatic N) is 1. The lowest BCUT2D eigenvalue weighted by Gasteiger charge is -2.18. The van der Waals surface area contributed by atoms with E-state index in [1.54, 1.807) is 0 Å². The number of aromatic nitrogens is 2. The maximum Gasteiger partial charge on any atom is 0.272 e. The van der Waals surface area contributed by atoms with E-state index in [1.807, 2.05) is 38.1 Å². The summed E-state index contributed by atoms with van der Waals surface area (Å²) in [6, 6.07) is 7.94. The first-order valence-corrected chi connectivity index (χ1v) is 8.45. The number of hydrogen-bond donors (Lipinski definition) is 3. The molecule has 0 bridgehead atoms. The Morgan fingerprint density at radius 1 is 1.46 bits per heavy atom. The third-order valence-corrected chi connectivity index (χ3v) is 4.26. The normalized spacial score (nSPS) is 14.8. The van der Waals surface area contributed by atoms with E-state index < -0.39 is 0 Å². The van der Waals surface area contributed by atoms with Crippen molar-refractivity contribution in [1.29, 1.82) is 0 Å². The molecule has 6 heteroatoms. The van der Waals surface area contributed by atoms with Crippen molar-refractivity contribution < 1.29 is 9.53 Å². The molecule has 3 N–H and O–H groups in total. The zero-order chi connectivity index (χ0) is 16.9. The molecule has 1 aliphatic heterocycles. The van der Waals surface area contributed by atoms with E-state index in [1.165, 1.54) is 0 Å². The van der Waals surface area contributed by atoms with Crippen molar-refractivity contribution >= 4 is 5.91 Å². The van der Waals surface area contributed by atoms with Crippen LogP contribution < -0.4 is 15.4 Å². The van der Waals surface area contributed by atoms with Gasteiger partial charge < -0.3 is 15.4 Å². The van der Waals surface area contributed by atoms with E-state index in [0.717, 1.165) is 42.0 Å². The monoisotopic (exact) mass is 328 g/mol. The first-order chi connectivity index (χ1) is 11.7. The van der Waals surface area contributed by atoms with Crippen LogP contribution in [-0.2, 0) is 13.0 Å². The molecule has 1 unspecified atom stereocenters. The van der Waals surface area contributed by atoms with E-state index in [0.29, 0.717) is 18.8 Å². The Hall–Kier alpha value is -2.34. The van der Waals surface area contributed by atoms with Crippen molar-refractivity contribution in [2.75, 3.05) is 13.1 Å². The molecular formula is C18H24N4O2. The molecule has 1 aliphatic rings. The number of nitrogens with one attached hydrogen (secondary N) is 3. The molecule has 6 nitrogen and oxygen atoms in total. The van der Waals surface area contributed by atoms with Crippen LogP contribution in [0.3, 0.4) is 0 Å². The fourth-order valence-corrected chi connectivity index (χ4v) is 2.85. The van der Waals surface area contributed by atoms with Crippen LogP contribution in [0.2, 0.25) is 0 Å². The van der Waals surface area contributed by atoms with E-state index >= 15 is 0 Å². The largest absolute Gasteiger partial charge is 0.489 e. The predicted octanol–water partition coefficient (Wildman–Crippen LogP) is 1.95. The van der Waals surface area contributed by atoms with E-state index in [4.69, 9.17) is 4.74 Å². The molecule has 0 saturated heterocycles. The van der Waals surface area contributed by atoms with Crippen LogP contribution in [0, 0.1) is 6.92 Å². The summed E-state index contributed by atoms with van der Waals surface area (Å²) in [4.78, 5) is 12.4. The molecule has 0 spiro atoms. The molecule has 1 aromatic carbocycles. The Balaban J connectivity index is 1.59. The van der Waals surface area contributed by atoms with Crippen molar-refractivity contribution in [1.82, 2.24) is 20.8 Å². The van der Waals surface area contributed by atoms with Gasteiger partial charge in [-0.25, -0.2) is 0 Å². The van der Waals surface area contributed by atoms with Gasteiger partial charge in [-0.3, -0.25) is 9.89 Å². The van der Waals surface area contributed by atoms with Crippen LogP contribution in [-0.4, -0.2) is 35.3 Å². The van der Waals surface area contributed by atoms with Gasteiger partial charge >= 0.3 is 0 Å². The predicted molar refractivity (Wildman–Crippen MR) is 92.2 cm³/mol. The number of amides is 1. The summed E-state index contributed by atoms with van der Waals surface area (Å²) in [5.74, 6) is 0.680. The Kier molecular flexibility index (Phi) is 5.15. The second-order valence-electron chi connectivity index (χ2n) is 6.13. The minimum absolute atomic E-state index is 0.0661. The van der Waals surface area contributed by atoms with Crippen molar-refractivity contribution in [3.63, 3.8) is 0 Å². The molecule has 128 valence electrons. The Morgan fingerprint density at radius 2 is 2.33 bits per heavy atom. The zero-order valence-corrected chi connectivity index (χ0v) is 14.2. The van der Waals surface area contributed by atoms with Crippen LogP contribution in [0.1, 0.15) is 40.7 Å². The van der Waals surface area contributed by atoms with Crippen LogP contribution in [0.4, 0.5) is 0 Å². The summed E-state index contributed by atoms with van der Waals surface area (Å²) in [5, 5.41) is 13.4. The Bertz CT molecular complexity index is 711. The van der Waals surface area contributed by atoms with Gasteiger partial charge in [0.15, 0.2) is 5.69 Å². The summed E-state index contributed by atoms with van der Waals surface area (Å²) in [6.07, 6.45) is 1.63. The van der Waals surface area contributed by atoms with Crippen molar-refractivity contribution in [2.45, 2.75) is 39.3 Å². The third-order valence-electron chi connectivity index (χ3n) is 4.26. The summed E-state index contributed by atoms with van der Waals surface area (Å²) >= 11 is 0. The number of carbonyl (C=O) groups is 1. The van der Waals surface area contributed by atoms with Crippen LogP contribution in [0.5, 0.6) is 5.75 Å². The van der Waals surface area contributed by atoms with Crippen molar-refractivity contribution in [2.24, 2.45) is 0 Å². The average Bonchev–Trinajstić information content (AvgIpc) is 3.02. The summed E-state index contributed by atoms with van der Waals surface area (Å²) in [7, 11) is 0. The lowest BCUT2D eigenvalue weighted by molar-refractivity contribution is 0.0920. The number of ether oxygens (including phenoxy) is 1. The Labute approximate surface area is 142 Å². The molecule has 0 saturated carbocycles. The highest BCUT2D eigenvalue weighted by Crippen LogP contribution is 2.16.